The number of hydrogen-bond donors (Lipinski definition) is 1. The van der Waals surface area contributed by atoms with Crippen molar-refractivity contribution in [2.75, 3.05) is 26.7 Å². The molecular formula is C22H20FN3O4S. The molecule has 1 aliphatic heterocycles. The van der Waals surface area contributed by atoms with E-state index < -0.39 is 22.9 Å². The average molecular weight is 441 g/mol. The van der Waals surface area contributed by atoms with Crippen LogP contribution in [0.5, 0.6) is 0 Å². The van der Waals surface area contributed by atoms with E-state index in [0.29, 0.717) is 11.1 Å². The minimum Gasteiger partial charge on any atom is -0.353 e. The molecule has 0 spiro atoms. The Bertz CT molecular complexity index is 1020. The monoisotopic (exact) mass is 441 g/mol. The van der Waals surface area contributed by atoms with Gasteiger partial charge in [-0.2, -0.15) is 0 Å². The van der Waals surface area contributed by atoms with Crippen LogP contribution >= 0.6 is 11.8 Å². The highest BCUT2D eigenvalue weighted by atomic mass is 32.2. The van der Waals surface area contributed by atoms with Crippen molar-refractivity contribution in [2.24, 2.45) is 0 Å². The Balaban J connectivity index is 1.49. The van der Waals surface area contributed by atoms with Crippen LogP contribution < -0.4 is 5.32 Å². The van der Waals surface area contributed by atoms with E-state index in [9.17, 15) is 23.6 Å². The molecule has 1 fully saturated rings. The maximum absolute atomic E-state index is 13.0. The fourth-order valence-corrected chi connectivity index (χ4v) is 3.72. The van der Waals surface area contributed by atoms with Crippen LogP contribution in [0.25, 0.3) is 6.08 Å². The zero-order valence-electron chi connectivity index (χ0n) is 16.7. The van der Waals surface area contributed by atoms with E-state index in [4.69, 9.17) is 0 Å². The summed E-state index contributed by atoms with van der Waals surface area (Å²) in [6.45, 7) is -0.0817. The first kappa shape index (κ1) is 22.2. The lowest BCUT2D eigenvalue weighted by molar-refractivity contribution is -0.124. The van der Waals surface area contributed by atoms with Gasteiger partial charge in [-0.1, -0.05) is 30.3 Å². The summed E-state index contributed by atoms with van der Waals surface area (Å²) < 4.78 is 13.0. The van der Waals surface area contributed by atoms with Gasteiger partial charge < -0.3 is 10.2 Å². The first-order chi connectivity index (χ1) is 14.8. The predicted octanol–water partition coefficient (Wildman–Crippen LogP) is 2.75. The third kappa shape index (κ3) is 5.79. The zero-order chi connectivity index (χ0) is 22.4. The molecule has 0 aromatic heterocycles. The van der Waals surface area contributed by atoms with Crippen LogP contribution in [0.4, 0.5) is 9.18 Å². The van der Waals surface area contributed by atoms with E-state index in [0.717, 1.165) is 16.7 Å². The van der Waals surface area contributed by atoms with Crippen molar-refractivity contribution in [2.45, 2.75) is 0 Å². The van der Waals surface area contributed by atoms with Gasteiger partial charge in [0.1, 0.15) is 5.82 Å². The predicted molar refractivity (Wildman–Crippen MR) is 115 cm³/mol. The molecule has 2 aromatic carbocycles. The van der Waals surface area contributed by atoms with Crippen molar-refractivity contribution in [3.63, 3.8) is 0 Å². The highest BCUT2D eigenvalue weighted by Gasteiger charge is 2.34. The molecule has 1 saturated heterocycles. The van der Waals surface area contributed by atoms with Crippen LogP contribution in [0, 0.1) is 5.82 Å². The number of hydrogen-bond acceptors (Lipinski definition) is 5. The van der Waals surface area contributed by atoms with Gasteiger partial charge in [-0.3, -0.25) is 24.1 Å². The van der Waals surface area contributed by atoms with Crippen molar-refractivity contribution < 1.29 is 23.6 Å². The Hall–Kier alpha value is -3.46. The fraction of sp³-hybridized carbons (Fsp3) is 0.182. The Kier molecular flexibility index (Phi) is 7.19. The zero-order valence-corrected chi connectivity index (χ0v) is 17.5. The Morgan fingerprint density at radius 2 is 1.77 bits per heavy atom. The summed E-state index contributed by atoms with van der Waals surface area (Å²) in [6.07, 6.45) is 1.52. The minimum absolute atomic E-state index is 0.00745. The number of benzene rings is 2. The van der Waals surface area contributed by atoms with E-state index in [1.165, 1.54) is 42.3 Å². The Morgan fingerprint density at radius 1 is 1.10 bits per heavy atom. The van der Waals surface area contributed by atoms with Crippen LogP contribution in [-0.4, -0.2) is 59.4 Å². The standard InChI is InChI=1S/C22H20FN3O4S/c1-25(20(28)16-5-3-2-4-6-16)14-19(27)24-11-12-26-21(29)18(31-22(26)30)13-15-7-9-17(23)10-8-15/h2-10,13H,11-12,14H2,1H3,(H,24,27)/b18-13-. The summed E-state index contributed by atoms with van der Waals surface area (Å²) in [5.74, 6) is -1.55. The molecule has 0 aliphatic carbocycles. The molecule has 1 heterocycles. The molecule has 0 atom stereocenters. The lowest BCUT2D eigenvalue weighted by Crippen LogP contribution is -2.42. The Morgan fingerprint density at radius 3 is 2.45 bits per heavy atom. The first-order valence-corrected chi connectivity index (χ1v) is 10.2. The second-order valence-corrected chi connectivity index (χ2v) is 7.76. The molecule has 0 unspecified atom stereocenters. The van der Waals surface area contributed by atoms with E-state index in [-0.39, 0.29) is 30.4 Å². The maximum Gasteiger partial charge on any atom is 0.293 e. The molecule has 0 radical (unpaired) electrons. The quantitative estimate of drug-likeness (QED) is 0.668. The second-order valence-electron chi connectivity index (χ2n) is 6.76. The van der Waals surface area contributed by atoms with Crippen LogP contribution in [0.1, 0.15) is 15.9 Å². The molecule has 9 heteroatoms. The number of nitrogens with zero attached hydrogens (tertiary/aromatic N) is 2. The van der Waals surface area contributed by atoms with Gasteiger partial charge in [-0.15, -0.1) is 0 Å². The molecule has 7 nitrogen and oxygen atoms in total. The summed E-state index contributed by atoms with van der Waals surface area (Å²) in [4.78, 5) is 51.6. The van der Waals surface area contributed by atoms with Gasteiger partial charge in [0.2, 0.25) is 5.91 Å². The lowest BCUT2D eigenvalue weighted by Gasteiger charge is -2.18. The molecule has 31 heavy (non-hydrogen) atoms. The number of carbonyl (C=O) groups is 4. The number of imide groups is 1. The molecule has 1 N–H and O–H groups in total. The minimum atomic E-state index is -0.468. The number of carbonyl (C=O) groups excluding carboxylic acids is 4. The topological polar surface area (TPSA) is 86.8 Å². The SMILES string of the molecule is CN(CC(=O)NCCN1C(=O)S/C(=C\c2ccc(F)cc2)C1=O)C(=O)c1ccccc1. The molecule has 1 aliphatic rings. The van der Waals surface area contributed by atoms with Crippen LogP contribution in [0.15, 0.2) is 59.5 Å². The molecule has 4 amide bonds. The van der Waals surface area contributed by atoms with Gasteiger partial charge >= 0.3 is 0 Å². The van der Waals surface area contributed by atoms with Gasteiger partial charge in [0, 0.05) is 25.7 Å². The first-order valence-electron chi connectivity index (χ1n) is 9.43. The highest BCUT2D eigenvalue weighted by molar-refractivity contribution is 8.18. The van der Waals surface area contributed by atoms with E-state index in [2.05, 4.69) is 5.32 Å². The van der Waals surface area contributed by atoms with Crippen molar-refractivity contribution in [1.82, 2.24) is 15.1 Å². The molecule has 0 bridgehead atoms. The second kappa shape index (κ2) is 10.0. The maximum atomic E-state index is 13.0. The largest absolute Gasteiger partial charge is 0.353 e. The van der Waals surface area contributed by atoms with Crippen LogP contribution in [0.2, 0.25) is 0 Å². The van der Waals surface area contributed by atoms with E-state index >= 15 is 0 Å². The van der Waals surface area contributed by atoms with Gasteiger partial charge in [0.25, 0.3) is 17.1 Å². The van der Waals surface area contributed by atoms with Crippen molar-refractivity contribution in [3.8, 4) is 0 Å². The molecule has 2 aromatic rings. The highest BCUT2D eigenvalue weighted by Crippen LogP contribution is 2.31. The fourth-order valence-electron chi connectivity index (χ4n) is 2.85. The number of amides is 4. The van der Waals surface area contributed by atoms with Crippen molar-refractivity contribution in [3.05, 3.63) is 76.4 Å². The molecular weight excluding hydrogens is 421 g/mol. The molecule has 160 valence electrons. The Labute approximate surface area is 182 Å². The summed E-state index contributed by atoms with van der Waals surface area (Å²) in [7, 11) is 1.52. The molecule has 0 saturated carbocycles. The van der Waals surface area contributed by atoms with Gasteiger partial charge in [0.15, 0.2) is 0 Å². The summed E-state index contributed by atoms with van der Waals surface area (Å²) in [5.41, 5.74) is 1.08. The molecule has 3 rings (SSSR count). The number of likely N-dealkylation sites (N-methyl/N-ethyl adjacent to an activating group) is 1. The van der Waals surface area contributed by atoms with Crippen LogP contribution in [-0.2, 0) is 9.59 Å². The smallest absolute Gasteiger partial charge is 0.293 e. The number of thioether (sulfide) groups is 1. The number of nitrogens with one attached hydrogen (secondary N) is 1. The number of rotatable bonds is 7. The lowest BCUT2D eigenvalue weighted by atomic mass is 10.2. The average Bonchev–Trinajstić information content (AvgIpc) is 3.02. The van der Waals surface area contributed by atoms with Gasteiger partial charge in [-0.25, -0.2) is 4.39 Å². The van der Waals surface area contributed by atoms with Crippen molar-refractivity contribution >= 4 is 40.8 Å². The van der Waals surface area contributed by atoms with Crippen LogP contribution in [0.3, 0.4) is 0 Å². The number of halogens is 1. The summed E-state index contributed by atoms with van der Waals surface area (Å²) >= 11 is 0.791. The third-order valence-electron chi connectivity index (χ3n) is 4.45. The summed E-state index contributed by atoms with van der Waals surface area (Å²) in [5, 5.41) is 2.17. The van der Waals surface area contributed by atoms with Crippen molar-refractivity contribution in [1.29, 1.82) is 0 Å². The van der Waals surface area contributed by atoms with Gasteiger partial charge in [0.05, 0.1) is 11.4 Å². The third-order valence-corrected chi connectivity index (χ3v) is 5.35. The van der Waals surface area contributed by atoms with E-state index in [1.807, 2.05) is 0 Å². The van der Waals surface area contributed by atoms with Gasteiger partial charge in [-0.05, 0) is 47.7 Å². The van der Waals surface area contributed by atoms with E-state index in [1.54, 1.807) is 30.3 Å². The normalized spacial score (nSPS) is 14.8. The summed E-state index contributed by atoms with van der Waals surface area (Å²) in [6, 6.07) is 14.2.